The van der Waals surface area contributed by atoms with Gasteiger partial charge in [-0.3, -0.25) is 4.79 Å². The second kappa shape index (κ2) is 11.1. The van der Waals surface area contributed by atoms with E-state index in [1.54, 1.807) is 6.26 Å². The van der Waals surface area contributed by atoms with Crippen molar-refractivity contribution in [2.24, 2.45) is 0 Å². The topological polar surface area (TPSA) is 61.4 Å². The fraction of sp³-hybridized carbons (Fsp3) is 0.381. The molecule has 4 nitrogen and oxygen atoms in total. The average molecular weight is 409 g/mol. The van der Waals surface area contributed by atoms with Crippen molar-refractivity contribution in [3.8, 4) is 0 Å². The second-order valence-electron chi connectivity index (χ2n) is 6.60. The van der Waals surface area contributed by atoms with E-state index in [-0.39, 0.29) is 18.2 Å². The summed E-state index contributed by atoms with van der Waals surface area (Å²) in [4.78, 5) is 11.8. The van der Waals surface area contributed by atoms with Gasteiger partial charge in [0.15, 0.2) is 0 Å². The highest BCUT2D eigenvalue weighted by atomic mass is 32.2. The van der Waals surface area contributed by atoms with E-state index in [2.05, 4.69) is 29.7 Å². The van der Waals surface area contributed by atoms with Gasteiger partial charge in [0.1, 0.15) is 11.6 Å². The second-order valence-corrected chi connectivity index (χ2v) is 7.38. The van der Waals surface area contributed by atoms with Crippen LogP contribution in [0.5, 0.6) is 0 Å². The molecule has 2 unspecified atom stereocenters. The minimum atomic E-state index is -0.920. The van der Waals surface area contributed by atoms with Crippen LogP contribution in [0.4, 0.5) is 13.6 Å². The van der Waals surface area contributed by atoms with Crippen LogP contribution in [0.1, 0.15) is 23.6 Å². The molecule has 0 spiro atoms. The monoisotopic (exact) mass is 408 g/mol. The van der Waals surface area contributed by atoms with Crippen LogP contribution in [0.2, 0.25) is 0 Å². The molecule has 2 aromatic carbocycles. The summed E-state index contributed by atoms with van der Waals surface area (Å²) in [5, 5.41) is 16.1. The number of nitrogens with one attached hydrogen (secondary N) is 2. The Balaban J connectivity index is 1.99. The molecule has 2 rings (SSSR count). The lowest BCUT2D eigenvalue weighted by Gasteiger charge is -2.24. The normalized spacial score (nSPS) is 13.2. The van der Waals surface area contributed by atoms with Crippen LogP contribution in [0.15, 0.2) is 42.5 Å². The van der Waals surface area contributed by atoms with Crippen LogP contribution in [-0.2, 0) is 19.4 Å². The molecule has 3 N–H and O–H groups in total. The minimum absolute atomic E-state index is 0.120. The Kier molecular flexibility index (Phi) is 8.89. The molecule has 0 saturated heterocycles. The average Bonchev–Trinajstić information content (AvgIpc) is 2.66. The molecule has 7 heteroatoms. The summed E-state index contributed by atoms with van der Waals surface area (Å²) in [6.07, 6.45) is 1.77. The predicted molar refractivity (Wildman–Crippen MR) is 109 cm³/mol. The molecular formula is C21H26F2N2O2S. The number of hydrogen-bond donors (Lipinski definition) is 3. The number of aliphatic hydroxyl groups is 1. The third kappa shape index (κ3) is 7.22. The SMILES string of the molecule is CCc1cccc(CNCC(O)C(Cc2cc(F)cc(F)c2)NC(=O)SC)c1. The Bertz CT molecular complexity index is 769. The number of aryl methyl sites for hydroxylation is 1. The van der Waals surface area contributed by atoms with Crippen molar-refractivity contribution in [1.82, 2.24) is 10.6 Å². The van der Waals surface area contributed by atoms with Crippen molar-refractivity contribution >= 4 is 17.0 Å². The molecular weight excluding hydrogens is 382 g/mol. The Morgan fingerprint density at radius 3 is 2.43 bits per heavy atom. The van der Waals surface area contributed by atoms with Crippen LogP contribution >= 0.6 is 11.8 Å². The van der Waals surface area contributed by atoms with E-state index in [4.69, 9.17) is 0 Å². The summed E-state index contributed by atoms with van der Waals surface area (Å²) < 4.78 is 26.9. The van der Waals surface area contributed by atoms with Crippen molar-refractivity contribution in [1.29, 1.82) is 0 Å². The predicted octanol–water partition coefficient (Wildman–Crippen LogP) is 3.66. The molecule has 0 fully saturated rings. The van der Waals surface area contributed by atoms with E-state index in [0.29, 0.717) is 12.1 Å². The molecule has 0 aliphatic carbocycles. The van der Waals surface area contributed by atoms with Crippen LogP contribution in [0.3, 0.4) is 0 Å². The van der Waals surface area contributed by atoms with E-state index in [9.17, 15) is 18.7 Å². The lowest BCUT2D eigenvalue weighted by Crippen LogP contribution is -2.47. The summed E-state index contributed by atoms with van der Waals surface area (Å²) in [5.74, 6) is -1.37. The first-order chi connectivity index (χ1) is 13.4. The standard InChI is InChI=1S/C21H26F2N2O2S/c1-3-14-5-4-6-15(7-14)12-24-13-20(26)19(25-21(27)28-2)10-16-8-17(22)11-18(23)9-16/h4-9,11,19-20,24,26H,3,10,12-13H2,1-2H3,(H,25,27). The Hall–Kier alpha value is -1.96. The van der Waals surface area contributed by atoms with E-state index < -0.39 is 23.8 Å². The third-order valence-electron chi connectivity index (χ3n) is 4.41. The number of halogens is 2. The Labute approximate surface area is 168 Å². The smallest absolute Gasteiger partial charge is 0.279 e. The van der Waals surface area contributed by atoms with Crippen molar-refractivity contribution in [2.45, 2.75) is 38.5 Å². The lowest BCUT2D eigenvalue weighted by molar-refractivity contribution is 0.129. The van der Waals surface area contributed by atoms with Gasteiger partial charge in [-0.1, -0.05) is 43.0 Å². The van der Waals surface area contributed by atoms with Gasteiger partial charge in [0.2, 0.25) is 0 Å². The molecule has 0 aromatic heterocycles. The maximum atomic E-state index is 13.5. The largest absolute Gasteiger partial charge is 0.390 e. The summed E-state index contributed by atoms with van der Waals surface area (Å²) in [6.45, 7) is 2.89. The first-order valence-electron chi connectivity index (χ1n) is 9.17. The minimum Gasteiger partial charge on any atom is -0.390 e. The number of hydrogen-bond acceptors (Lipinski definition) is 4. The molecule has 152 valence electrons. The van der Waals surface area contributed by atoms with Crippen molar-refractivity contribution < 1.29 is 18.7 Å². The first-order valence-corrected chi connectivity index (χ1v) is 10.4. The lowest BCUT2D eigenvalue weighted by atomic mass is 10.0. The van der Waals surface area contributed by atoms with Gasteiger partial charge in [0.25, 0.3) is 5.24 Å². The molecule has 1 amide bonds. The molecule has 0 saturated carbocycles. The van der Waals surface area contributed by atoms with E-state index >= 15 is 0 Å². The van der Waals surface area contributed by atoms with Crippen molar-refractivity contribution in [3.63, 3.8) is 0 Å². The zero-order chi connectivity index (χ0) is 20.5. The summed E-state index contributed by atoms with van der Waals surface area (Å²) in [6, 6.07) is 10.7. The number of thioether (sulfide) groups is 1. The van der Waals surface area contributed by atoms with Crippen LogP contribution in [-0.4, -0.2) is 35.3 Å². The molecule has 0 radical (unpaired) electrons. The van der Waals surface area contributed by atoms with Crippen LogP contribution < -0.4 is 10.6 Å². The molecule has 0 aliphatic heterocycles. The molecule has 28 heavy (non-hydrogen) atoms. The van der Waals surface area contributed by atoms with Gasteiger partial charge < -0.3 is 15.7 Å². The first kappa shape index (κ1) is 22.3. The maximum Gasteiger partial charge on any atom is 0.279 e. The van der Waals surface area contributed by atoms with Gasteiger partial charge in [-0.15, -0.1) is 0 Å². The highest BCUT2D eigenvalue weighted by Crippen LogP contribution is 2.13. The van der Waals surface area contributed by atoms with Crippen LogP contribution in [0.25, 0.3) is 0 Å². The van der Waals surface area contributed by atoms with Crippen molar-refractivity contribution in [3.05, 3.63) is 70.8 Å². The highest BCUT2D eigenvalue weighted by Gasteiger charge is 2.22. The maximum absolute atomic E-state index is 13.5. The number of aliphatic hydroxyl groups excluding tert-OH is 1. The molecule has 2 atom stereocenters. The molecule has 0 bridgehead atoms. The van der Waals surface area contributed by atoms with Crippen molar-refractivity contribution in [2.75, 3.05) is 12.8 Å². The number of benzene rings is 2. The Morgan fingerprint density at radius 2 is 1.79 bits per heavy atom. The zero-order valence-electron chi connectivity index (χ0n) is 16.0. The zero-order valence-corrected chi connectivity index (χ0v) is 16.9. The summed E-state index contributed by atoms with van der Waals surface area (Å²) in [7, 11) is 0. The molecule has 0 heterocycles. The number of carbonyl (C=O) groups is 1. The molecule has 2 aromatic rings. The third-order valence-corrected chi connectivity index (χ3v) is 4.90. The summed E-state index contributed by atoms with van der Waals surface area (Å²) >= 11 is 0.982. The molecule has 0 aliphatic rings. The summed E-state index contributed by atoms with van der Waals surface area (Å²) in [5.41, 5.74) is 2.71. The number of amides is 1. The van der Waals surface area contributed by atoms with E-state index in [0.717, 1.165) is 29.8 Å². The number of rotatable bonds is 9. The van der Waals surface area contributed by atoms with Gasteiger partial charge >= 0.3 is 0 Å². The van der Waals surface area contributed by atoms with Gasteiger partial charge in [0, 0.05) is 19.2 Å². The fourth-order valence-corrected chi connectivity index (χ4v) is 3.21. The van der Waals surface area contributed by atoms with Crippen LogP contribution in [0, 0.1) is 11.6 Å². The van der Waals surface area contributed by atoms with Gasteiger partial charge in [0.05, 0.1) is 12.1 Å². The van der Waals surface area contributed by atoms with E-state index in [1.165, 1.54) is 17.7 Å². The number of carbonyl (C=O) groups excluding carboxylic acids is 1. The van der Waals surface area contributed by atoms with Gasteiger partial charge in [-0.25, -0.2) is 8.78 Å². The quantitative estimate of drug-likeness (QED) is 0.593. The van der Waals surface area contributed by atoms with E-state index in [1.807, 2.05) is 12.1 Å². The fourth-order valence-electron chi connectivity index (χ4n) is 2.94. The highest BCUT2D eigenvalue weighted by molar-refractivity contribution is 8.12. The van der Waals surface area contributed by atoms with Gasteiger partial charge in [-0.2, -0.15) is 0 Å². The Morgan fingerprint density at radius 1 is 1.11 bits per heavy atom. The van der Waals surface area contributed by atoms with Gasteiger partial charge in [-0.05, 0) is 47.9 Å².